The quantitative estimate of drug-likeness (QED) is 0.382. The summed E-state index contributed by atoms with van der Waals surface area (Å²) in [5, 5.41) is 13.9. The van der Waals surface area contributed by atoms with Crippen LogP contribution in [-0.2, 0) is 15.1 Å². The number of guanidine groups is 1. The molecule has 0 bridgehead atoms. The molecular formula is C18H30IN3O4. The summed E-state index contributed by atoms with van der Waals surface area (Å²) in [5.41, 5.74) is -1.13. The smallest absolute Gasteiger partial charge is 0.194 e. The molecule has 0 aliphatic carbocycles. The highest BCUT2D eigenvalue weighted by Gasteiger charge is 2.33. The SMILES string of the molecule is CCNC(=NCC(C)(O)c1ccco1)N1CCOC(C2CCCO2)C1.I. The van der Waals surface area contributed by atoms with Crippen molar-refractivity contribution >= 4 is 29.9 Å². The average molecular weight is 479 g/mol. The molecule has 2 aliphatic rings. The van der Waals surface area contributed by atoms with Gasteiger partial charge in [-0.1, -0.05) is 0 Å². The molecule has 3 heterocycles. The van der Waals surface area contributed by atoms with E-state index in [0.717, 1.165) is 45.0 Å². The van der Waals surface area contributed by atoms with Gasteiger partial charge in [-0.15, -0.1) is 24.0 Å². The first-order valence-electron chi connectivity index (χ1n) is 9.13. The summed E-state index contributed by atoms with van der Waals surface area (Å²) >= 11 is 0. The van der Waals surface area contributed by atoms with Gasteiger partial charge >= 0.3 is 0 Å². The lowest BCUT2D eigenvalue weighted by Crippen LogP contribution is -2.53. The van der Waals surface area contributed by atoms with Crippen LogP contribution in [0.2, 0.25) is 0 Å². The van der Waals surface area contributed by atoms with Crippen molar-refractivity contribution in [1.82, 2.24) is 10.2 Å². The minimum atomic E-state index is -1.13. The van der Waals surface area contributed by atoms with E-state index in [4.69, 9.17) is 13.9 Å². The van der Waals surface area contributed by atoms with Crippen LogP contribution in [0.5, 0.6) is 0 Å². The minimum Gasteiger partial charge on any atom is -0.466 e. The lowest BCUT2D eigenvalue weighted by Gasteiger charge is -2.37. The van der Waals surface area contributed by atoms with Gasteiger partial charge in [0.25, 0.3) is 0 Å². The molecule has 1 aromatic rings. The maximum atomic E-state index is 10.6. The van der Waals surface area contributed by atoms with E-state index in [1.165, 1.54) is 0 Å². The van der Waals surface area contributed by atoms with E-state index < -0.39 is 5.60 Å². The first kappa shape index (κ1) is 21.5. The predicted octanol–water partition coefficient (Wildman–Crippen LogP) is 1.95. The Morgan fingerprint density at radius 1 is 1.38 bits per heavy atom. The van der Waals surface area contributed by atoms with Gasteiger partial charge in [-0.3, -0.25) is 0 Å². The van der Waals surface area contributed by atoms with Crippen LogP contribution >= 0.6 is 24.0 Å². The van der Waals surface area contributed by atoms with Gasteiger partial charge in [0, 0.05) is 26.2 Å². The molecule has 8 heteroatoms. The fraction of sp³-hybridized carbons (Fsp3) is 0.722. The Morgan fingerprint density at radius 2 is 2.19 bits per heavy atom. The van der Waals surface area contributed by atoms with Crippen molar-refractivity contribution in [2.24, 2.45) is 4.99 Å². The van der Waals surface area contributed by atoms with E-state index >= 15 is 0 Å². The van der Waals surface area contributed by atoms with E-state index in [1.807, 2.05) is 6.92 Å². The second-order valence-electron chi connectivity index (χ2n) is 6.83. The van der Waals surface area contributed by atoms with Crippen LogP contribution in [-0.4, -0.2) is 67.6 Å². The van der Waals surface area contributed by atoms with E-state index in [1.54, 1.807) is 25.3 Å². The monoisotopic (exact) mass is 479 g/mol. The van der Waals surface area contributed by atoms with Crippen molar-refractivity contribution in [2.45, 2.75) is 44.5 Å². The van der Waals surface area contributed by atoms with Gasteiger partial charge in [0.1, 0.15) is 17.5 Å². The molecule has 0 amide bonds. The van der Waals surface area contributed by atoms with Crippen LogP contribution in [0.3, 0.4) is 0 Å². The van der Waals surface area contributed by atoms with Crippen molar-refractivity contribution in [3.8, 4) is 0 Å². The number of hydrogen-bond donors (Lipinski definition) is 2. The zero-order valence-corrected chi connectivity index (χ0v) is 17.8. The predicted molar refractivity (Wildman–Crippen MR) is 110 cm³/mol. The van der Waals surface area contributed by atoms with Gasteiger partial charge in [0.15, 0.2) is 5.96 Å². The summed E-state index contributed by atoms with van der Waals surface area (Å²) in [6, 6.07) is 3.54. The molecule has 0 aromatic carbocycles. The average Bonchev–Trinajstić information content (AvgIpc) is 3.32. The second kappa shape index (κ2) is 9.91. The van der Waals surface area contributed by atoms with Gasteiger partial charge in [0.05, 0.1) is 25.5 Å². The van der Waals surface area contributed by atoms with Crippen molar-refractivity contribution in [3.63, 3.8) is 0 Å². The third-order valence-electron chi connectivity index (χ3n) is 4.70. The fourth-order valence-corrected chi connectivity index (χ4v) is 3.31. The van der Waals surface area contributed by atoms with Gasteiger partial charge in [-0.2, -0.15) is 0 Å². The number of ether oxygens (including phenoxy) is 2. The second-order valence-corrected chi connectivity index (χ2v) is 6.83. The Balaban J connectivity index is 0.00000243. The molecule has 0 radical (unpaired) electrons. The van der Waals surface area contributed by atoms with E-state index in [2.05, 4.69) is 15.2 Å². The Kier molecular flexibility index (Phi) is 8.18. The number of rotatable bonds is 5. The van der Waals surface area contributed by atoms with Crippen molar-refractivity contribution in [2.75, 3.05) is 39.4 Å². The first-order chi connectivity index (χ1) is 12.1. The number of halogens is 1. The van der Waals surface area contributed by atoms with Gasteiger partial charge in [-0.25, -0.2) is 4.99 Å². The van der Waals surface area contributed by atoms with E-state index in [9.17, 15) is 5.11 Å². The summed E-state index contributed by atoms with van der Waals surface area (Å²) in [6.07, 6.45) is 3.97. The molecule has 7 nitrogen and oxygen atoms in total. The molecule has 0 spiro atoms. The minimum absolute atomic E-state index is 0. The highest BCUT2D eigenvalue weighted by molar-refractivity contribution is 14.0. The summed E-state index contributed by atoms with van der Waals surface area (Å²) in [5.74, 6) is 1.31. The molecule has 148 valence electrons. The number of furan rings is 1. The summed E-state index contributed by atoms with van der Waals surface area (Å²) < 4.78 is 17.0. The fourth-order valence-electron chi connectivity index (χ4n) is 3.31. The van der Waals surface area contributed by atoms with Crippen LogP contribution in [0.4, 0.5) is 0 Å². The molecule has 2 fully saturated rings. The molecule has 26 heavy (non-hydrogen) atoms. The summed E-state index contributed by atoms with van der Waals surface area (Å²) in [7, 11) is 0. The van der Waals surface area contributed by atoms with Gasteiger partial charge in [0.2, 0.25) is 0 Å². The molecular weight excluding hydrogens is 449 g/mol. The molecule has 2 N–H and O–H groups in total. The molecule has 2 saturated heterocycles. The summed E-state index contributed by atoms with van der Waals surface area (Å²) in [6.45, 7) is 7.76. The van der Waals surface area contributed by atoms with Gasteiger partial charge < -0.3 is 29.2 Å². The molecule has 3 atom stereocenters. The normalized spacial score (nSPS) is 26.3. The third kappa shape index (κ3) is 5.34. The number of aliphatic hydroxyl groups is 1. The highest BCUT2D eigenvalue weighted by Crippen LogP contribution is 2.23. The number of hydrogen-bond acceptors (Lipinski definition) is 5. The Labute approximate surface area is 172 Å². The van der Waals surface area contributed by atoms with Crippen molar-refractivity contribution < 1.29 is 19.0 Å². The highest BCUT2D eigenvalue weighted by atomic mass is 127. The summed E-state index contributed by atoms with van der Waals surface area (Å²) in [4.78, 5) is 6.84. The van der Waals surface area contributed by atoms with Crippen LogP contribution in [0.15, 0.2) is 27.8 Å². The number of nitrogens with one attached hydrogen (secondary N) is 1. The molecule has 3 rings (SSSR count). The van der Waals surface area contributed by atoms with E-state index in [-0.39, 0.29) is 42.7 Å². The standard InChI is InChI=1S/C18H29N3O4.HI/c1-3-19-17(20-13-18(2,22)16-7-5-10-25-16)21-8-11-24-15(12-21)14-6-4-9-23-14;/h5,7,10,14-15,22H,3-4,6,8-9,11-13H2,1-2H3,(H,19,20);1H. The maximum Gasteiger partial charge on any atom is 0.194 e. The Morgan fingerprint density at radius 3 is 2.85 bits per heavy atom. The molecule has 1 aromatic heterocycles. The number of nitrogens with zero attached hydrogens (tertiary/aromatic N) is 2. The van der Waals surface area contributed by atoms with Crippen molar-refractivity contribution in [1.29, 1.82) is 0 Å². The zero-order valence-electron chi connectivity index (χ0n) is 15.5. The number of morpholine rings is 1. The maximum absolute atomic E-state index is 10.6. The topological polar surface area (TPSA) is 79.5 Å². The van der Waals surface area contributed by atoms with Crippen LogP contribution in [0.1, 0.15) is 32.4 Å². The van der Waals surface area contributed by atoms with Gasteiger partial charge in [-0.05, 0) is 38.8 Å². The zero-order chi connectivity index (χ0) is 17.7. The third-order valence-corrected chi connectivity index (χ3v) is 4.70. The first-order valence-corrected chi connectivity index (χ1v) is 9.13. The van der Waals surface area contributed by atoms with E-state index in [0.29, 0.717) is 12.4 Å². The number of aliphatic imine (C=N–C) groups is 1. The van der Waals surface area contributed by atoms with Crippen LogP contribution in [0.25, 0.3) is 0 Å². The van der Waals surface area contributed by atoms with Crippen LogP contribution in [0, 0.1) is 0 Å². The van der Waals surface area contributed by atoms with Crippen molar-refractivity contribution in [3.05, 3.63) is 24.2 Å². The largest absolute Gasteiger partial charge is 0.466 e. The Hall–Kier alpha value is -0.840. The Bertz CT molecular complexity index is 559. The molecule has 3 unspecified atom stereocenters. The van der Waals surface area contributed by atoms with Crippen LogP contribution < -0.4 is 5.32 Å². The lowest BCUT2D eigenvalue weighted by molar-refractivity contribution is -0.0817. The molecule has 2 aliphatic heterocycles. The molecule has 0 saturated carbocycles. The lowest BCUT2D eigenvalue weighted by atomic mass is 10.0.